The monoisotopic (exact) mass is 516 g/mol. The molecule has 1 aliphatic heterocycles. The maximum Gasteiger partial charge on any atom is 0.191 e. The van der Waals surface area contributed by atoms with E-state index in [-0.39, 0.29) is 24.0 Å². The summed E-state index contributed by atoms with van der Waals surface area (Å²) >= 11 is 1.74. The third-order valence-corrected chi connectivity index (χ3v) is 5.25. The number of hydrogen-bond acceptors (Lipinski definition) is 5. The van der Waals surface area contributed by atoms with E-state index in [0.717, 1.165) is 56.7 Å². The second-order valence-corrected chi connectivity index (χ2v) is 7.34. The zero-order chi connectivity index (χ0) is 18.7. The third-order valence-electron chi connectivity index (χ3n) is 4.37. The van der Waals surface area contributed by atoms with Gasteiger partial charge in [0.05, 0.1) is 19.8 Å². The van der Waals surface area contributed by atoms with Crippen LogP contribution in [0.5, 0.6) is 5.75 Å². The minimum absolute atomic E-state index is 0. The molecule has 0 atom stereocenters. The number of nitrogens with zero attached hydrogens (tertiary/aromatic N) is 2. The summed E-state index contributed by atoms with van der Waals surface area (Å²) in [7, 11) is 1.79. The second kappa shape index (κ2) is 13.0. The van der Waals surface area contributed by atoms with Crippen LogP contribution in [0.1, 0.15) is 10.4 Å². The van der Waals surface area contributed by atoms with Gasteiger partial charge in [-0.15, -0.1) is 35.3 Å². The van der Waals surface area contributed by atoms with Crippen molar-refractivity contribution in [2.24, 2.45) is 4.99 Å². The number of thiophene rings is 1. The molecule has 1 saturated heterocycles. The summed E-state index contributed by atoms with van der Waals surface area (Å²) in [6, 6.07) is 12.4. The Morgan fingerprint density at radius 3 is 2.75 bits per heavy atom. The highest BCUT2D eigenvalue weighted by molar-refractivity contribution is 14.0. The third kappa shape index (κ3) is 7.94. The zero-order valence-corrected chi connectivity index (χ0v) is 19.4. The second-order valence-electron chi connectivity index (χ2n) is 6.31. The van der Waals surface area contributed by atoms with Gasteiger partial charge in [-0.25, -0.2) is 0 Å². The average molecular weight is 516 g/mol. The number of aliphatic imine (C=N–C) groups is 1. The minimum Gasteiger partial charge on any atom is -0.492 e. The molecule has 0 amide bonds. The summed E-state index contributed by atoms with van der Waals surface area (Å²) in [4.78, 5) is 7.94. The molecule has 0 aliphatic carbocycles. The van der Waals surface area contributed by atoms with E-state index < -0.39 is 0 Å². The quantitative estimate of drug-likeness (QED) is 0.321. The summed E-state index contributed by atoms with van der Waals surface area (Å²) in [6.45, 7) is 6.74. The van der Waals surface area contributed by atoms with E-state index in [4.69, 9.17) is 9.47 Å². The van der Waals surface area contributed by atoms with Gasteiger partial charge in [-0.05, 0) is 29.1 Å². The number of halogens is 1. The van der Waals surface area contributed by atoms with Crippen molar-refractivity contribution in [2.45, 2.75) is 13.1 Å². The molecule has 8 heteroatoms. The van der Waals surface area contributed by atoms with Crippen molar-refractivity contribution in [3.05, 3.63) is 52.2 Å². The standard InChI is InChI=1S/C20H28N4O2S.HI/c1-21-20(23-16-19-6-3-13-27-19)22-15-17-4-2-5-18(14-17)26-12-9-24-7-10-25-11-8-24;/h2-6,13-14H,7-12,15-16H2,1H3,(H2,21,22,23);1H. The van der Waals surface area contributed by atoms with Gasteiger partial charge in [0.15, 0.2) is 5.96 Å². The summed E-state index contributed by atoms with van der Waals surface area (Å²) < 4.78 is 11.3. The van der Waals surface area contributed by atoms with E-state index in [1.165, 1.54) is 4.88 Å². The lowest BCUT2D eigenvalue weighted by molar-refractivity contribution is 0.0322. The lowest BCUT2D eigenvalue weighted by Gasteiger charge is -2.26. The fourth-order valence-corrected chi connectivity index (χ4v) is 3.50. The Balaban J connectivity index is 0.00000280. The Kier molecular flexibility index (Phi) is 10.6. The van der Waals surface area contributed by atoms with Gasteiger partial charge in [0.1, 0.15) is 12.4 Å². The Morgan fingerprint density at radius 2 is 2.00 bits per heavy atom. The van der Waals surface area contributed by atoms with Crippen LogP contribution in [0.4, 0.5) is 0 Å². The first-order valence-electron chi connectivity index (χ1n) is 9.32. The fourth-order valence-electron chi connectivity index (χ4n) is 2.85. The molecule has 0 saturated carbocycles. The van der Waals surface area contributed by atoms with Crippen molar-refractivity contribution in [2.75, 3.05) is 46.5 Å². The number of benzene rings is 1. The van der Waals surface area contributed by atoms with E-state index in [9.17, 15) is 0 Å². The van der Waals surface area contributed by atoms with Crippen LogP contribution in [0.25, 0.3) is 0 Å². The van der Waals surface area contributed by atoms with E-state index in [0.29, 0.717) is 13.2 Å². The number of guanidine groups is 1. The van der Waals surface area contributed by atoms with Crippen LogP contribution in [0, 0.1) is 0 Å². The maximum absolute atomic E-state index is 5.92. The number of hydrogen-bond donors (Lipinski definition) is 2. The fraction of sp³-hybridized carbons (Fsp3) is 0.450. The highest BCUT2D eigenvalue weighted by Gasteiger charge is 2.09. The van der Waals surface area contributed by atoms with Gasteiger partial charge >= 0.3 is 0 Å². The van der Waals surface area contributed by atoms with Crippen molar-refractivity contribution in [1.82, 2.24) is 15.5 Å². The molecule has 1 aromatic heterocycles. The lowest BCUT2D eigenvalue weighted by Crippen LogP contribution is -2.38. The molecule has 2 heterocycles. The molecular weight excluding hydrogens is 487 g/mol. The van der Waals surface area contributed by atoms with Crippen LogP contribution in [0.3, 0.4) is 0 Å². The molecule has 0 spiro atoms. The van der Waals surface area contributed by atoms with E-state index >= 15 is 0 Å². The molecule has 6 nitrogen and oxygen atoms in total. The average Bonchev–Trinajstić information content (AvgIpc) is 3.23. The predicted molar refractivity (Wildman–Crippen MR) is 126 cm³/mol. The van der Waals surface area contributed by atoms with Crippen LogP contribution in [-0.2, 0) is 17.8 Å². The van der Waals surface area contributed by atoms with E-state index in [1.54, 1.807) is 18.4 Å². The SMILES string of the molecule is CN=C(NCc1cccc(OCCN2CCOCC2)c1)NCc1cccs1.I. The Bertz CT molecular complexity index is 706. The summed E-state index contributed by atoms with van der Waals surface area (Å²) in [6.07, 6.45) is 0. The van der Waals surface area contributed by atoms with E-state index in [2.05, 4.69) is 50.2 Å². The summed E-state index contributed by atoms with van der Waals surface area (Å²) in [5.74, 6) is 1.70. The normalized spacial score (nSPS) is 15.0. The largest absolute Gasteiger partial charge is 0.492 e. The van der Waals surface area contributed by atoms with Crippen LogP contribution < -0.4 is 15.4 Å². The van der Waals surface area contributed by atoms with Gasteiger partial charge in [-0.3, -0.25) is 9.89 Å². The molecule has 1 fully saturated rings. The highest BCUT2D eigenvalue weighted by atomic mass is 127. The molecule has 154 valence electrons. The van der Waals surface area contributed by atoms with Crippen molar-refractivity contribution in [3.8, 4) is 5.75 Å². The molecule has 2 aromatic rings. The molecule has 0 bridgehead atoms. The van der Waals surface area contributed by atoms with Gasteiger partial charge in [-0.1, -0.05) is 18.2 Å². The topological polar surface area (TPSA) is 58.1 Å². The van der Waals surface area contributed by atoms with Crippen molar-refractivity contribution < 1.29 is 9.47 Å². The van der Waals surface area contributed by atoms with Gasteiger partial charge in [0, 0.05) is 38.1 Å². The first kappa shape index (κ1) is 22.9. The molecule has 2 N–H and O–H groups in total. The molecule has 3 rings (SSSR count). The van der Waals surface area contributed by atoms with Gasteiger partial charge in [0.25, 0.3) is 0 Å². The molecule has 1 aromatic carbocycles. The highest BCUT2D eigenvalue weighted by Crippen LogP contribution is 2.13. The number of nitrogens with one attached hydrogen (secondary N) is 2. The Labute approximate surface area is 188 Å². The first-order valence-corrected chi connectivity index (χ1v) is 10.2. The Hall–Kier alpha value is -1.36. The smallest absolute Gasteiger partial charge is 0.191 e. The number of morpholine rings is 1. The van der Waals surface area contributed by atoms with Crippen molar-refractivity contribution in [3.63, 3.8) is 0 Å². The first-order chi connectivity index (χ1) is 13.3. The van der Waals surface area contributed by atoms with Crippen molar-refractivity contribution >= 4 is 41.3 Å². The van der Waals surface area contributed by atoms with Gasteiger partial charge in [-0.2, -0.15) is 0 Å². The predicted octanol–water partition coefficient (Wildman–Crippen LogP) is 2.94. The Morgan fingerprint density at radius 1 is 1.18 bits per heavy atom. The summed E-state index contributed by atoms with van der Waals surface area (Å²) in [5, 5.41) is 8.76. The minimum atomic E-state index is 0. The molecule has 1 aliphatic rings. The van der Waals surface area contributed by atoms with Crippen LogP contribution >= 0.6 is 35.3 Å². The van der Waals surface area contributed by atoms with Crippen molar-refractivity contribution in [1.29, 1.82) is 0 Å². The van der Waals surface area contributed by atoms with Gasteiger partial charge < -0.3 is 20.1 Å². The molecular formula is C20H29IN4O2S. The zero-order valence-electron chi connectivity index (χ0n) is 16.2. The number of ether oxygens (including phenoxy) is 2. The maximum atomic E-state index is 5.92. The lowest BCUT2D eigenvalue weighted by atomic mass is 10.2. The van der Waals surface area contributed by atoms with Crippen LogP contribution in [0.15, 0.2) is 46.8 Å². The van der Waals surface area contributed by atoms with Crippen LogP contribution in [0.2, 0.25) is 0 Å². The van der Waals surface area contributed by atoms with Gasteiger partial charge in [0.2, 0.25) is 0 Å². The molecule has 0 unspecified atom stereocenters. The van der Waals surface area contributed by atoms with Crippen LogP contribution in [-0.4, -0.2) is 57.4 Å². The molecule has 0 radical (unpaired) electrons. The molecule has 28 heavy (non-hydrogen) atoms. The van der Waals surface area contributed by atoms with E-state index in [1.807, 2.05) is 12.1 Å². The summed E-state index contributed by atoms with van der Waals surface area (Å²) in [5.41, 5.74) is 1.16. The number of rotatable bonds is 8.